The highest BCUT2D eigenvalue weighted by Crippen LogP contribution is 2.29. The van der Waals surface area contributed by atoms with Gasteiger partial charge in [-0.05, 0) is 45.7 Å². The van der Waals surface area contributed by atoms with Gasteiger partial charge in [0.1, 0.15) is 11.3 Å². The first kappa shape index (κ1) is 20.9. The van der Waals surface area contributed by atoms with Crippen LogP contribution in [0.15, 0.2) is 23.1 Å². The molecule has 1 aromatic rings. The van der Waals surface area contributed by atoms with Gasteiger partial charge in [0.2, 0.25) is 0 Å². The minimum absolute atomic E-state index is 0.0357. The average Bonchev–Trinajstić information content (AvgIpc) is 2.53. The van der Waals surface area contributed by atoms with Crippen LogP contribution < -0.4 is 5.32 Å². The van der Waals surface area contributed by atoms with Gasteiger partial charge in [-0.15, -0.1) is 0 Å². The van der Waals surface area contributed by atoms with Crippen LogP contribution in [0.2, 0.25) is 0 Å². The maximum Gasteiger partial charge on any atom is 0.410 e. The lowest BCUT2D eigenvalue weighted by Crippen LogP contribution is -2.44. The number of carbonyl (C=O) groups is 1. The zero-order valence-electron chi connectivity index (χ0n) is 15.9. The number of hydrogen-bond donors (Lipinski definition) is 2. The summed E-state index contributed by atoms with van der Waals surface area (Å²) in [5, 5.41) is 12.5. The Hall–Kier alpha value is -2.36. The third kappa shape index (κ3) is 5.81. The van der Waals surface area contributed by atoms with Crippen LogP contribution in [0.5, 0.6) is 0 Å². The van der Waals surface area contributed by atoms with Crippen LogP contribution >= 0.6 is 0 Å². The smallest absolute Gasteiger partial charge is 0.410 e. The number of ether oxygens (including phenoxy) is 1. The van der Waals surface area contributed by atoms with E-state index in [4.69, 9.17) is 4.74 Å². The van der Waals surface area contributed by atoms with Crippen LogP contribution in [-0.2, 0) is 14.6 Å². The Labute approximate surface area is 158 Å². The van der Waals surface area contributed by atoms with Gasteiger partial charge in [0.05, 0.1) is 9.80 Å². The molecular formula is C17H26N3O6S+. The second-order valence-corrected chi connectivity index (χ2v) is 9.63. The lowest BCUT2D eigenvalue weighted by Gasteiger charge is -2.34. The molecule has 1 aliphatic rings. The van der Waals surface area contributed by atoms with Crippen molar-refractivity contribution in [1.29, 1.82) is 0 Å². The lowest BCUT2D eigenvalue weighted by molar-refractivity contribution is -0.729. The summed E-state index contributed by atoms with van der Waals surface area (Å²) in [7, 11) is -3.50. The van der Waals surface area contributed by atoms with E-state index in [1.807, 2.05) is 20.8 Å². The normalized spacial score (nSPS) is 16.1. The second kappa shape index (κ2) is 7.71. The Morgan fingerprint density at radius 2 is 1.89 bits per heavy atom. The van der Waals surface area contributed by atoms with Gasteiger partial charge in [0, 0.05) is 31.5 Å². The van der Waals surface area contributed by atoms with E-state index in [-0.39, 0.29) is 27.6 Å². The lowest BCUT2D eigenvalue weighted by atomic mass is 10.0. The van der Waals surface area contributed by atoms with Crippen molar-refractivity contribution < 1.29 is 28.1 Å². The van der Waals surface area contributed by atoms with Crippen molar-refractivity contribution in [2.75, 3.05) is 24.7 Å². The third-order valence-corrected chi connectivity index (χ3v) is 5.22. The maximum absolute atomic E-state index is 12.1. The molecule has 2 N–H and O–H groups in total. The van der Waals surface area contributed by atoms with Crippen molar-refractivity contribution in [2.45, 2.75) is 50.2 Å². The first-order chi connectivity index (χ1) is 12.4. The highest BCUT2D eigenvalue weighted by molar-refractivity contribution is 7.90. The van der Waals surface area contributed by atoms with Gasteiger partial charge in [-0.25, -0.2) is 18.4 Å². The number of carbonyl (C=O) groups excluding carboxylic acids is 1. The van der Waals surface area contributed by atoms with Gasteiger partial charge in [-0.3, -0.25) is 0 Å². The van der Waals surface area contributed by atoms with Gasteiger partial charge in [0.15, 0.2) is 9.84 Å². The summed E-state index contributed by atoms with van der Waals surface area (Å²) in [5.74, 6) is 0. The zero-order chi connectivity index (χ0) is 20.4. The molecule has 0 atom stereocenters. The van der Waals surface area contributed by atoms with E-state index < -0.39 is 15.4 Å². The number of hydrogen-bond acceptors (Lipinski definition) is 6. The molecule has 1 amide bonds. The summed E-state index contributed by atoms with van der Waals surface area (Å²) in [6, 6.07) is 3.92. The number of piperidine rings is 1. The molecule has 9 nitrogen and oxygen atoms in total. The molecule has 2 rings (SSSR count). The fourth-order valence-electron chi connectivity index (χ4n) is 2.78. The van der Waals surface area contributed by atoms with Crippen LogP contribution in [0.25, 0.3) is 0 Å². The molecular weight excluding hydrogens is 374 g/mol. The van der Waals surface area contributed by atoms with E-state index in [0.717, 1.165) is 12.3 Å². The summed E-state index contributed by atoms with van der Waals surface area (Å²) in [5.41, 5.74) is -0.399. The molecule has 1 aliphatic heterocycles. The Morgan fingerprint density at radius 1 is 1.30 bits per heavy atom. The van der Waals surface area contributed by atoms with Gasteiger partial charge < -0.3 is 15.0 Å². The molecule has 1 aromatic carbocycles. The summed E-state index contributed by atoms with van der Waals surface area (Å²) in [4.78, 5) is 24.7. The summed E-state index contributed by atoms with van der Waals surface area (Å²) < 4.78 is 28.6. The van der Waals surface area contributed by atoms with E-state index in [2.05, 4.69) is 5.32 Å². The van der Waals surface area contributed by atoms with Crippen molar-refractivity contribution in [3.63, 3.8) is 0 Å². The Bertz CT molecular complexity index is 824. The minimum atomic E-state index is -3.50. The molecule has 27 heavy (non-hydrogen) atoms. The molecule has 0 radical (unpaired) electrons. The number of likely N-dealkylation sites (tertiary alicyclic amines) is 1. The van der Waals surface area contributed by atoms with Crippen molar-refractivity contribution in [3.05, 3.63) is 23.1 Å². The fourth-order valence-corrected chi connectivity index (χ4v) is 3.42. The van der Waals surface area contributed by atoms with Gasteiger partial charge in [0.25, 0.3) is 4.92 Å². The van der Waals surface area contributed by atoms with Crippen molar-refractivity contribution in [1.82, 2.24) is 4.90 Å². The van der Waals surface area contributed by atoms with Crippen molar-refractivity contribution in [2.24, 2.45) is 0 Å². The van der Waals surface area contributed by atoms with E-state index in [1.165, 1.54) is 12.1 Å². The van der Waals surface area contributed by atoms with Gasteiger partial charge >= 0.3 is 11.8 Å². The molecule has 0 saturated carbocycles. The second-order valence-electron chi connectivity index (χ2n) is 7.61. The fraction of sp³-hybridized carbons (Fsp3) is 0.588. The maximum atomic E-state index is 12.1. The predicted octanol–water partition coefficient (Wildman–Crippen LogP) is 2.70. The Balaban J connectivity index is 2.05. The summed E-state index contributed by atoms with van der Waals surface area (Å²) in [6.07, 6.45) is 1.91. The number of amides is 1. The largest absolute Gasteiger partial charge is 0.444 e. The van der Waals surface area contributed by atoms with Crippen LogP contribution in [0.1, 0.15) is 33.6 Å². The molecule has 10 heteroatoms. The number of sulfone groups is 1. The van der Waals surface area contributed by atoms with E-state index >= 15 is 0 Å². The third-order valence-electron chi connectivity index (χ3n) is 4.11. The number of nitrogens with zero attached hydrogens (tertiary/aromatic N) is 2. The quantitative estimate of drug-likeness (QED) is 0.747. The Morgan fingerprint density at radius 3 is 2.37 bits per heavy atom. The highest BCUT2D eigenvalue weighted by Gasteiger charge is 2.29. The van der Waals surface area contributed by atoms with Crippen LogP contribution in [0, 0.1) is 4.91 Å². The van der Waals surface area contributed by atoms with Crippen LogP contribution in [0.4, 0.5) is 16.2 Å². The van der Waals surface area contributed by atoms with E-state index in [1.54, 1.807) is 4.90 Å². The Kier molecular flexibility index (Phi) is 5.98. The highest BCUT2D eigenvalue weighted by atomic mass is 32.2. The number of nitrogens with one attached hydrogen (secondary N) is 1. The van der Waals surface area contributed by atoms with Crippen molar-refractivity contribution in [3.8, 4) is 0 Å². The molecule has 0 aromatic heterocycles. The number of benzene rings is 1. The molecule has 1 heterocycles. The molecule has 0 unspecified atom stereocenters. The zero-order valence-corrected chi connectivity index (χ0v) is 16.7. The standard InChI is InChI=1S/C17H26N3O6S/c1-17(2,3)26-16(21)19-9-7-12(8-10-19)18-14-6-5-13(27(4,24)25)11-15(14)20(22)23/h5-6,11-12,18H,7-10H2,1-4H3,(H,22,23)/q+1. The topological polar surface area (TPSA) is 116 Å². The predicted molar refractivity (Wildman–Crippen MR) is 99.1 cm³/mol. The molecule has 0 spiro atoms. The minimum Gasteiger partial charge on any atom is -0.444 e. The molecule has 0 bridgehead atoms. The first-order valence-electron chi connectivity index (χ1n) is 8.61. The number of anilines is 1. The SMILES string of the molecule is CC(C)(C)OC(=O)N1CCC(Nc2ccc(S(C)(=O)=O)cc2[N+](=O)O)CC1. The molecule has 150 valence electrons. The average molecular weight is 400 g/mol. The molecule has 1 fully saturated rings. The van der Waals surface area contributed by atoms with E-state index in [9.17, 15) is 23.3 Å². The first-order valence-corrected chi connectivity index (χ1v) is 10.5. The van der Waals surface area contributed by atoms with Gasteiger partial charge in [-0.2, -0.15) is 0 Å². The summed E-state index contributed by atoms with van der Waals surface area (Å²) >= 11 is 0. The molecule has 0 aliphatic carbocycles. The van der Waals surface area contributed by atoms with E-state index in [0.29, 0.717) is 31.6 Å². The van der Waals surface area contributed by atoms with Gasteiger partial charge in [-0.1, -0.05) is 0 Å². The van der Waals surface area contributed by atoms with Crippen molar-refractivity contribution >= 4 is 27.3 Å². The number of rotatable bonds is 4. The summed E-state index contributed by atoms with van der Waals surface area (Å²) in [6.45, 7) is 6.41. The monoisotopic (exact) mass is 400 g/mol. The van der Waals surface area contributed by atoms with Crippen LogP contribution in [-0.4, -0.2) is 60.5 Å². The van der Waals surface area contributed by atoms with Crippen LogP contribution in [0.3, 0.4) is 0 Å². The molecule has 1 saturated heterocycles.